The predicted molar refractivity (Wildman–Crippen MR) is 73.9 cm³/mol. The number of H-pyrrole nitrogens is 1. The smallest absolute Gasteiger partial charge is 0.309 e. The molecule has 0 bridgehead atoms. The van der Waals surface area contributed by atoms with E-state index in [0.29, 0.717) is 26.9 Å². The zero-order valence-corrected chi connectivity index (χ0v) is 11.1. The molecule has 0 spiro atoms. The third-order valence-corrected chi connectivity index (χ3v) is 3.08. The molecule has 0 radical (unpaired) electrons. The zero-order valence-electron chi connectivity index (χ0n) is 9.61. The molecule has 0 saturated heterocycles. The van der Waals surface area contributed by atoms with Crippen molar-refractivity contribution in [3.63, 3.8) is 0 Å². The van der Waals surface area contributed by atoms with Gasteiger partial charge in [0.15, 0.2) is 0 Å². The molecule has 0 atom stereocenters. The molecule has 2 rings (SSSR count). The lowest BCUT2D eigenvalue weighted by Gasteiger charge is -2.05. The Morgan fingerprint density at radius 2 is 1.84 bits per heavy atom. The van der Waals surface area contributed by atoms with Gasteiger partial charge in [0.05, 0.1) is 11.4 Å². The number of hydrogen-bond acceptors (Lipinski definition) is 2. The molecule has 6 heteroatoms. The number of aromatic amines is 1. The number of aromatic nitrogens is 1. The van der Waals surface area contributed by atoms with Crippen LogP contribution in [0.5, 0.6) is 0 Å². The summed E-state index contributed by atoms with van der Waals surface area (Å²) in [7, 11) is 0. The first-order valence-electron chi connectivity index (χ1n) is 5.37. The van der Waals surface area contributed by atoms with Gasteiger partial charge in [-0.3, -0.25) is 9.59 Å². The van der Waals surface area contributed by atoms with Crippen molar-refractivity contribution in [1.82, 2.24) is 4.98 Å². The van der Waals surface area contributed by atoms with Crippen LogP contribution in [0.2, 0.25) is 10.0 Å². The van der Waals surface area contributed by atoms with E-state index >= 15 is 0 Å². The highest BCUT2D eigenvalue weighted by Gasteiger charge is 2.10. The molecule has 1 aromatic heterocycles. The van der Waals surface area contributed by atoms with Gasteiger partial charge in [-0.05, 0) is 24.3 Å². The molecule has 0 amide bonds. The van der Waals surface area contributed by atoms with Gasteiger partial charge in [-0.15, -0.1) is 0 Å². The molecule has 2 aromatic rings. The van der Waals surface area contributed by atoms with Crippen LogP contribution >= 0.6 is 23.2 Å². The van der Waals surface area contributed by atoms with Gasteiger partial charge in [0.2, 0.25) is 0 Å². The van der Waals surface area contributed by atoms with Crippen LogP contribution in [0.15, 0.2) is 35.1 Å². The lowest BCUT2D eigenvalue weighted by Crippen LogP contribution is -2.13. The lowest BCUT2D eigenvalue weighted by atomic mass is 10.1. The molecule has 98 valence electrons. The third kappa shape index (κ3) is 3.16. The Morgan fingerprint density at radius 3 is 2.42 bits per heavy atom. The molecule has 1 aromatic carbocycles. The molecule has 0 aliphatic carbocycles. The summed E-state index contributed by atoms with van der Waals surface area (Å²) in [6.07, 6.45) is -0.232. The number of carboxylic acid groups (broad SMARTS) is 1. The van der Waals surface area contributed by atoms with E-state index in [1.807, 2.05) is 0 Å². The second-order valence-electron chi connectivity index (χ2n) is 3.92. The number of pyridine rings is 1. The zero-order chi connectivity index (χ0) is 14.0. The number of carboxylic acids is 1. The van der Waals surface area contributed by atoms with Crippen LogP contribution in [0, 0.1) is 0 Å². The highest BCUT2D eigenvalue weighted by molar-refractivity contribution is 6.36. The summed E-state index contributed by atoms with van der Waals surface area (Å²) in [6, 6.07) is 7.92. The topological polar surface area (TPSA) is 70.2 Å². The van der Waals surface area contributed by atoms with E-state index in [1.165, 1.54) is 0 Å². The first kappa shape index (κ1) is 13.6. The maximum Gasteiger partial charge on any atom is 0.309 e. The predicted octanol–water partition coefficient (Wildman–Crippen LogP) is 2.98. The fraction of sp³-hybridized carbons (Fsp3) is 0.0769. The fourth-order valence-electron chi connectivity index (χ4n) is 1.70. The van der Waals surface area contributed by atoms with Crippen molar-refractivity contribution in [1.29, 1.82) is 0 Å². The Balaban J connectivity index is 2.46. The van der Waals surface area contributed by atoms with Gasteiger partial charge < -0.3 is 10.1 Å². The van der Waals surface area contributed by atoms with Crippen molar-refractivity contribution < 1.29 is 9.90 Å². The summed E-state index contributed by atoms with van der Waals surface area (Å²) < 4.78 is 0. The summed E-state index contributed by atoms with van der Waals surface area (Å²) in [5.74, 6) is -1.01. The SMILES string of the molecule is O=C(O)Cc1ccc(-c2ccc(Cl)cc2Cl)c(=O)[nH]1. The second kappa shape index (κ2) is 5.47. The van der Waals surface area contributed by atoms with Gasteiger partial charge in [0, 0.05) is 21.8 Å². The molecule has 0 aliphatic rings. The van der Waals surface area contributed by atoms with Crippen molar-refractivity contribution in [3.05, 3.63) is 56.4 Å². The molecule has 1 heterocycles. The first-order chi connectivity index (χ1) is 8.97. The quantitative estimate of drug-likeness (QED) is 0.915. The highest BCUT2D eigenvalue weighted by atomic mass is 35.5. The van der Waals surface area contributed by atoms with E-state index in [1.54, 1.807) is 30.3 Å². The highest BCUT2D eigenvalue weighted by Crippen LogP contribution is 2.28. The number of rotatable bonds is 3. The monoisotopic (exact) mass is 297 g/mol. The molecule has 0 fully saturated rings. The van der Waals surface area contributed by atoms with E-state index in [-0.39, 0.29) is 12.0 Å². The molecule has 0 unspecified atom stereocenters. The Kier molecular flexibility index (Phi) is 3.93. The molecule has 0 aliphatic heterocycles. The molecule has 0 saturated carbocycles. The van der Waals surface area contributed by atoms with Crippen LogP contribution in [0.3, 0.4) is 0 Å². The van der Waals surface area contributed by atoms with E-state index in [9.17, 15) is 9.59 Å². The van der Waals surface area contributed by atoms with Crippen LogP contribution in [-0.2, 0) is 11.2 Å². The molecular weight excluding hydrogens is 289 g/mol. The van der Waals surface area contributed by atoms with Crippen molar-refractivity contribution in [3.8, 4) is 11.1 Å². The molecule has 2 N–H and O–H groups in total. The van der Waals surface area contributed by atoms with Crippen LogP contribution in [-0.4, -0.2) is 16.1 Å². The summed E-state index contributed by atoms with van der Waals surface area (Å²) >= 11 is 11.8. The second-order valence-corrected chi connectivity index (χ2v) is 4.76. The van der Waals surface area contributed by atoms with E-state index in [0.717, 1.165) is 0 Å². The number of halogens is 2. The maximum absolute atomic E-state index is 11.9. The van der Waals surface area contributed by atoms with Gasteiger partial charge in [0.25, 0.3) is 5.56 Å². The number of nitrogens with one attached hydrogen (secondary N) is 1. The fourth-order valence-corrected chi connectivity index (χ4v) is 2.21. The summed E-state index contributed by atoms with van der Waals surface area (Å²) in [5, 5.41) is 9.51. The van der Waals surface area contributed by atoms with Gasteiger partial charge >= 0.3 is 5.97 Å². The van der Waals surface area contributed by atoms with Crippen LogP contribution < -0.4 is 5.56 Å². The van der Waals surface area contributed by atoms with Crippen molar-refractivity contribution in [2.75, 3.05) is 0 Å². The van der Waals surface area contributed by atoms with Crippen molar-refractivity contribution >= 4 is 29.2 Å². The minimum atomic E-state index is -1.01. The minimum Gasteiger partial charge on any atom is -0.481 e. The van der Waals surface area contributed by atoms with Crippen LogP contribution in [0.1, 0.15) is 5.69 Å². The average Bonchev–Trinajstić information content (AvgIpc) is 2.30. The average molecular weight is 298 g/mol. The molecule has 19 heavy (non-hydrogen) atoms. The lowest BCUT2D eigenvalue weighted by molar-refractivity contribution is -0.136. The van der Waals surface area contributed by atoms with E-state index in [4.69, 9.17) is 28.3 Å². The largest absolute Gasteiger partial charge is 0.481 e. The summed E-state index contributed by atoms with van der Waals surface area (Å²) in [4.78, 5) is 25.0. The van der Waals surface area contributed by atoms with Crippen molar-refractivity contribution in [2.24, 2.45) is 0 Å². The normalized spacial score (nSPS) is 10.4. The van der Waals surface area contributed by atoms with Gasteiger partial charge in [-0.2, -0.15) is 0 Å². The Hall–Kier alpha value is -1.78. The number of aliphatic carboxylic acids is 1. The Bertz CT molecular complexity index is 695. The van der Waals surface area contributed by atoms with E-state index in [2.05, 4.69) is 4.98 Å². The standard InChI is InChI=1S/C13H9Cl2NO3/c14-7-1-3-9(11(15)5-7)10-4-2-8(6-12(17)18)16-13(10)19/h1-5H,6H2,(H,16,19)(H,17,18). The molecular formula is C13H9Cl2NO3. The number of hydrogen-bond donors (Lipinski definition) is 2. The van der Waals surface area contributed by atoms with Gasteiger partial charge in [-0.25, -0.2) is 0 Å². The minimum absolute atomic E-state index is 0.232. The first-order valence-corrected chi connectivity index (χ1v) is 6.12. The third-order valence-electron chi connectivity index (χ3n) is 2.53. The van der Waals surface area contributed by atoms with Gasteiger partial charge in [0.1, 0.15) is 0 Å². The summed E-state index contributed by atoms with van der Waals surface area (Å²) in [5.41, 5.74) is 0.874. The van der Waals surface area contributed by atoms with Crippen LogP contribution in [0.4, 0.5) is 0 Å². The Morgan fingerprint density at radius 1 is 1.16 bits per heavy atom. The number of carbonyl (C=O) groups is 1. The maximum atomic E-state index is 11.9. The number of benzene rings is 1. The molecule has 4 nitrogen and oxygen atoms in total. The van der Waals surface area contributed by atoms with Gasteiger partial charge in [-0.1, -0.05) is 29.3 Å². The van der Waals surface area contributed by atoms with E-state index < -0.39 is 5.97 Å². The van der Waals surface area contributed by atoms with Crippen LogP contribution in [0.25, 0.3) is 11.1 Å². The Labute approximate surface area is 118 Å². The summed E-state index contributed by atoms with van der Waals surface area (Å²) in [6.45, 7) is 0. The van der Waals surface area contributed by atoms with Crippen molar-refractivity contribution in [2.45, 2.75) is 6.42 Å².